The topological polar surface area (TPSA) is 28.7 Å². The average Bonchev–Trinajstić information content (AvgIpc) is 2.75. The monoisotopic (exact) mass is 292 g/mol. The highest BCUT2D eigenvalue weighted by atomic mass is 79.9. The smallest absolute Gasteiger partial charge is 0.147 e. The molecule has 0 aliphatic rings. The lowest BCUT2D eigenvalue weighted by atomic mass is 10.2. The van der Waals surface area contributed by atoms with Crippen LogP contribution < -0.4 is 0 Å². The van der Waals surface area contributed by atoms with Crippen molar-refractivity contribution in [1.82, 2.24) is 5.01 Å². The highest BCUT2D eigenvalue weighted by molar-refractivity contribution is 9.10. The first-order chi connectivity index (χ1) is 8.16. The summed E-state index contributed by atoms with van der Waals surface area (Å²) < 4.78 is 6.71. The molecule has 1 aromatic carbocycles. The van der Waals surface area contributed by atoms with E-state index in [9.17, 15) is 0 Å². The Labute approximate surface area is 109 Å². The van der Waals surface area contributed by atoms with Gasteiger partial charge in [0.25, 0.3) is 0 Å². The lowest BCUT2D eigenvalue weighted by molar-refractivity contribution is 0.438. The minimum Gasteiger partial charge on any atom is -0.455 e. The molecule has 4 heteroatoms. The summed E-state index contributed by atoms with van der Waals surface area (Å²) in [4.78, 5) is 0. The molecule has 0 bridgehead atoms. The number of hydrogen-bond donors (Lipinski definition) is 0. The van der Waals surface area contributed by atoms with Gasteiger partial charge < -0.3 is 9.43 Å². The van der Waals surface area contributed by atoms with Crippen molar-refractivity contribution in [2.45, 2.75) is 0 Å². The molecular formula is C13H13BrN2O. The van der Waals surface area contributed by atoms with E-state index < -0.39 is 0 Å². The Kier molecular flexibility index (Phi) is 3.64. The van der Waals surface area contributed by atoms with Crippen LogP contribution in [0.15, 0.2) is 50.4 Å². The Balaban J connectivity index is 2.27. The second kappa shape index (κ2) is 5.19. The van der Waals surface area contributed by atoms with E-state index in [1.807, 2.05) is 50.5 Å². The molecule has 0 N–H and O–H groups in total. The van der Waals surface area contributed by atoms with Crippen molar-refractivity contribution in [2.75, 3.05) is 14.1 Å². The molecular weight excluding hydrogens is 280 g/mol. The fourth-order valence-corrected chi connectivity index (χ4v) is 1.88. The Morgan fingerprint density at radius 1 is 1.18 bits per heavy atom. The van der Waals surface area contributed by atoms with Crippen LogP contribution in [0.4, 0.5) is 0 Å². The highest BCUT2D eigenvalue weighted by Gasteiger charge is 2.06. The molecule has 1 heterocycles. The molecule has 0 saturated heterocycles. The van der Waals surface area contributed by atoms with Crippen molar-refractivity contribution in [3.8, 4) is 11.3 Å². The minimum absolute atomic E-state index is 0.740. The van der Waals surface area contributed by atoms with Crippen LogP contribution in [0.2, 0.25) is 0 Å². The van der Waals surface area contributed by atoms with Crippen LogP contribution in [0.3, 0.4) is 0 Å². The number of furan rings is 1. The Morgan fingerprint density at radius 3 is 2.65 bits per heavy atom. The summed E-state index contributed by atoms with van der Waals surface area (Å²) in [6, 6.07) is 11.8. The number of halogens is 1. The molecule has 1 aromatic heterocycles. The molecule has 17 heavy (non-hydrogen) atoms. The van der Waals surface area contributed by atoms with E-state index in [0.717, 1.165) is 21.6 Å². The van der Waals surface area contributed by atoms with Crippen LogP contribution in [0.1, 0.15) is 5.76 Å². The maximum atomic E-state index is 5.69. The van der Waals surface area contributed by atoms with Gasteiger partial charge in [-0.2, -0.15) is 5.10 Å². The zero-order chi connectivity index (χ0) is 12.3. The van der Waals surface area contributed by atoms with Gasteiger partial charge in [-0.05, 0) is 18.2 Å². The first-order valence-electron chi connectivity index (χ1n) is 5.23. The van der Waals surface area contributed by atoms with Gasteiger partial charge in [0.15, 0.2) is 0 Å². The molecule has 0 fully saturated rings. The predicted molar refractivity (Wildman–Crippen MR) is 73.1 cm³/mol. The van der Waals surface area contributed by atoms with Crippen LogP contribution >= 0.6 is 15.9 Å². The van der Waals surface area contributed by atoms with Crippen molar-refractivity contribution in [2.24, 2.45) is 5.10 Å². The van der Waals surface area contributed by atoms with E-state index >= 15 is 0 Å². The second-order valence-corrected chi connectivity index (χ2v) is 4.63. The minimum atomic E-state index is 0.740. The van der Waals surface area contributed by atoms with E-state index in [4.69, 9.17) is 4.42 Å². The van der Waals surface area contributed by atoms with E-state index in [2.05, 4.69) is 21.0 Å². The van der Waals surface area contributed by atoms with Gasteiger partial charge in [0, 0.05) is 24.1 Å². The fourth-order valence-electron chi connectivity index (χ4n) is 1.40. The predicted octanol–water partition coefficient (Wildman–Crippen LogP) is 3.60. The van der Waals surface area contributed by atoms with Crippen molar-refractivity contribution in [3.63, 3.8) is 0 Å². The number of nitrogens with zero attached hydrogens (tertiary/aromatic N) is 2. The molecule has 0 spiro atoms. The maximum Gasteiger partial charge on any atom is 0.147 e. The van der Waals surface area contributed by atoms with Gasteiger partial charge in [-0.3, -0.25) is 0 Å². The Hall–Kier alpha value is -1.55. The third kappa shape index (κ3) is 2.97. The van der Waals surface area contributed by atoms with Gasteiger partial charge >= 0.3 is 0 Å². The summed E-state index contributed by atoms with van der Waals surface area (Å²) in [5, 5.41) is 5.85. The van der Waals surface area contributed by atoms with Gasteiger partial charge in [0.05, 0.1) is 6.21 Å². The van der Waals surface area contributed by atoms with Crippen LogP contribution in [0.25, 0.3) is 11.3 Å². The van der Waals surface area contributed by atoms with E-state index in [0.29, 0.717) is 0 Å². The SMILES string of the molecule is CN(C)N=Cc1ccc(-c2ccccc2Br)o1. The third-order valence-corrected chi connectivity index (χ3v) is 2.87. The summed E-state index contributed by atoms with van der Waals surface area (Å²) in [6.07, 6.45) is 1.69. The van der Waals surface area contributed by atoms with E-state index in [-0.39, 0.29) is 0 Å². The van der Waals surface area contributed by atoms with E-state index in [1.54, 1.807) is 11.2 Å². The molecule has 0 saturated carbocycles. The molecule has 0 radical (unpaired) electrons. The summed E-state index contributed by atoms with van der Waals surface area (Å²) in [5.74, 6) is 1.57. The standard InChI is InChI=1S/C13H13BrN2O/c1-16(2)15-9-10-7-8-13(17-10)11-5-3-4-6-12(11)14/h3-9H,1-2H3. The molecule has 0 aliphatic heterocycles. The number of hydrazone groups is 1. The van der Waals surface area contributed by atoms with Crippen molar-refractivity contribution in [1.29, 1.82) is 0 Å². The molecule has 2 aromatic rings. The Bertz CT molecular complexity index is 532. The van der Waals surface area contributed by atoms with Gasteiger partial charge in [-0.15, -0.1) is 0 Å². The van der Waals surface area contributed by atoms with Gasteiger partial charge in [0.1, 0.15) is 11.5 Å². The molecule has 0 amide bonds. The first-order valence-corrected chi connectivity index (χ1v) is 6.02. The largest absolute Gasteiger partial charge is 0.455 e. The van der Waals surface area contributed by atoms with Crippen molar-refractivity contribution < 1.29 is 4.42 Å². The van der Waals surface area contributed by atoms with Crippen LogP contribution in [-0.4, -0.2) is 25.3 Å². The molecule has 3 nitrogen and oxygen atoms in total. The summed E-state index contributed by atoms with van der Waals surface area (Å²) in [7, 11) is 3.74. The highest BCUT2D eigenvalue weighted by Crippen LogP contribution is 2.28. The van der Waals surface area contributed by atoms with E-state index in [1.165, 1.54) is 0 Å². The zero-order valence-electron chi connectivity index (χ0n) is 9.72. The molecule has 2 rings (SSSR count). The summed E-state index contributed by atoms with van der Waals surface area (Å²) in [5.41, 5.74) is 1.04. The number of rotatable bonds is 3. The van der Waals surface area contributed by atoms with Crippen LogP contribution in [0, 0.1) is 0 Å². The summed E-state index contributed by atoms with van der Waals surface area (Å²) >= 11 is 3.50. The second-order valence-electron chi connectivity index (χ2n) is 3.77. The third-order valence-electron chi connectivity index (χ3n) is 2.18. The molecule has 0 aliphatic carbocycles. The quantitative estimate of drug-likeness (QED) is 0.639. The van der Waals surface area contributed by atoms with Crippen molar-refractivity contribution >= 4 is 22.1 Å². The van der Waals surface area contributed by atoms with Gasteiger partial charge in [-0.25, -0.2) is 0 Å². The summed E-state index contributed by atoms with van der Waals surface area (Å²) in [6.45, 7) is 0. The van der Waals surface area contributed by atoms with Gasteiger partial charge in [-0.1, -0.05) is 34.1 Å². The number of benzene rings is 1. The lowest BCUT2D eigenvalue weighted by Gasteiger charge is -2.01. The number of hydrogen-bond acceptors (Lipinski definition) is 3. The fraction of sp³-hybridized carbons (Fsp3) is 0.154. The maximum absolute atomic E-state index is 5.69. The van der Waals surface area contributed by atoms with Crippen LogP contribution in [0.5, 0.6) is 0 Å². The van der Waals surface area contributed by atoms with Gasteiger partial charge in [0.2, 0.25) is 0 Å². The molecule has 0 unspecified atom stereocenters. The average molecular weight is 293 g/mol. The van der Waals surface area contributed by atoms with Crippen LogP contribution in [-0.2, 0) is 0 Å². The zero-order valence-corrected chi connectivity index (χ0v) is 11.3. The normalized spacial score (nSPS) is 11.0. The lowest BCUT2D eigenvalue weighted by Crippen LogP contribution is -2.01. The first kappa shape index (κ1) is 11.9. The van der Waals surface area contributed by atoms with Crippen molar-refractivity contribution in [3.05, 3.63) is 46.6 Å². The molecule has 0 atom stereocenters. The Morgan fingerprint density at radius 2 is 1.94 bits per heavy atom. The molecule has 88 valence electrons.